The van der Waals surface area contributed by atoms with E-state index in [1.54, 1.807) is 34.9 Å². The molecule has 2 aromatic heterocycles. The van der Waals surface area contributed by atoms with Gasteiger partial charge in [0.25, 0.3) is 11.1 Å². The number of nitrogens with one attached hydrogen (secondary N) is 1. The molecular weight excluding hydrogens is 994 g/mol. The zero-order chi connectivity index (χ0) is 52.1. The molecule has 76 heavy (non-hydrogen) atoms. The van der Waals surface area contributed by atoms with Crippen LogP contribution in [0, 0.1) is 16.7 Å². The lowest BCUT2D eigenvalue weighted by Gasteiger charge is -2.39. The van der Waals surface area contributed by atoms with Gasteiger partial charge in [0.2, 0.25) is 0 Å². The highest BCUT2D eigenvalue weighted by molar-refractivity contribution is 5.96. The molecule has 7 aromatic rings. The molecule has 15 heteroatoms. The van der Waals surface area contributed by atoms with Crippen molar-refractivity contribution >= 4 is 52.7 Å². The van der Waals surface area contributed by atoms with E-state index < -0.39 is 0 Å². The number of para-hydroxylation sites is 4. The second-order valence-corrected chi connectivity index (χ2v) is 20.4. The number of aryl methyl sites for hydroxylation is 2. The molecule has 2 aliphatic heterocycles. The minimum absolute atomic E-state index is 0. The van der Waals surface area contributed by atoms with E-state index in [4.69, 9.17) is 20.9 Å². The number of aromatic hydroxyl groups is 1. The number of piperidine rings is 2. The predicted octanol–water partition coefficient (Wildman–Crippen LogP) is 12.3. The summed E-state index contributed by atoms with van der Waals surface area (Å²) in [6.07, 6.45) is 13.9. The van der Waals surface area contributed by atoms with Gasteiger partial charge in [-0.05, 0) is 158 Å². The Morgan fingerprint density at radius 3 is 1.61 bits per heavy atom. The summed E-state index contributed by atoms with van der Waals surface area (Å²) in [6, 6.07) is 39.8. The second kappa shape index (κ2) is 28.0. The normalized spacial score (nSPS) is 17.7. The van der Waals surface area contributed by atoms with E-state index >= 15 is 0 Å². The highest BCUT2D eigenvalue weighted by atomic mass is 35.5. The second-order valence-electron chi connectivity index (χ2n) is 20.4. The molecular formula is C61H75Cl2N9O4. The number of unbranched alkanes of at least 4 members (excludes halogenated alkanes) is 4. The fourth-order valence-electron chi connectivity index (χ4n) is 11.0. The Hall–Kier alpha value is -6.56. The zero-order valence-electron chi connectivity index (χ0n) is 44.5. The maximum atomic E-state index is 14.0. The van der Waals surface area contributed by atoms with E-state index in [9.17, 15) is 20.0 Å². The number of nitrogens with zero attached hydrogens (tertiary/aromatic N) is 7. The van der Waals surface area contributed by atoms with E-state index in [-0.39, 0.29) is 53.2 Å². The van der Waals surface area contributed by atoms with Gasteiger partial charge in [0.15, 0.2) is 0 Å². The molecule has 5 aromatic carbocycles. The summed E-state index contributed by atoms with van der Waals surface area (Å²) in [6.45, 7) is 13.1. The molecule has 2 aliphatic rings. The van der Waals surface area contributed by atoms with Gasteiger partial charge in [-0.25, -0.2) is 9.97 Å². The Morgan fingerprint density at radius 1 is 0.632 bits per heavy atom. The van der Waals surface area contributed by atoms with Gasteiger partial charge in [-0.2, -0.15) is 5.26 Å². The number of hydrogen-bond donors (Lipinski definition) is 3. The fraction of sp³-hybridized carbons (Fsp3) is 0.410. The maximum Gasteiger partial charge on any atom is 0.277 e. The van der Waals surface area contributed by atoms with Crippen molar-refractivity contribution in [2.24, 2.45) is 5.73 Å². The Bertz CT molecular complexity index is 3190. The summed E-state index contributed by atoms with van der Waals surface area (Å²) in [7, 11) is 0. The molecule has 0 saturated carbocycles. The van der Waals surface area contributed by atoms with Gasteiger partial charge in [-0.3, -0.25) is 24.8 Å². The van der Waals surface area contributed by atoms with Gasteiger partial charge < -0.3 is 24.7 Å². The number of ether oxygens (including phenoxy) is 1. The number of fused-ring (bicyclic) bond motifs is 2. The van der Waals surface area contributed by atoms with Gasteiger partial charge in [0.05, 0.1) is 33.7 Å². The van der Waals surface area contributed by atoms with Crippen LogP contribution >= 0.6 is 24.8 Å². The molecule has 2 fully saturated rings. The molecule has 9 rings (SSSR count). The van der Waals surface area contributed by atoms with Crippen LogP contribution in [-0.2, 0) is 19.7 Å². The zero-order valence-corrected chi connectivity index (χ0v) is 46.1. The molecule has 4 N–H and O–H groups in total. The third kappa shape index (κ3) is 14.3. The largest absolute Gasteiger partial charge is 0.507 e. The van der Waals surface area contributed by atoms with Crippen LogP contribution in [0.4, 0.5) is 0 Å². The van der Waals surface area contributed by atoms with Crippen LogP contribution in [0.5, 0.6) is 11.5 Å². The Labute approximate surface area is 460 Å². The van der Waals surface area contributed by atoms with Gasteiger partial charge in [0, 0.05) is 53.9 Å². The number of nitrogens with two attached hydrogens (primary N) is 1. The van der Waals surface area contributed by atoms with Crippen molar-refractivity contribution in [2.45, 2.75) is 149 Å². The summed E-state index contributed by atoms with van der Waals surface area (Å²) in [5.41, 5.74) is 11.6. The van der Waals surface area contributed by atoms with Crippen LogP contribution in [0.15, 0.2) is 125 Å². The molecule has 4 heterocycles. The van der Waals surface area contributed by atoms with E-state index in [0.717, 1.165) is 73.7 Å². The summed E-state index contributed by atoms with van der Waals surface area (Å²) in [5, 5.41) is 27.8. The van der Waals surface area contributed by atoms with Crippen molar-refractivity contribution in [2.75, 3.05) is 13.1 Å². The first-order valence-corrected chi connectivity index (χ1v) is 26.8. The van der Waals surface area contributed by atoms with Crippen LogP contribution in [-0.4, -0.2) is 77.1 Å². The summed E-state index contributed by atoms with van der Waals surface area (Å²) in [5.74, 6) is 0.361. The maximum absolute atomic E-state index is 14.0. The first kappa shape index (κ1) is 58.7. The number of likely N-dealkylation sites (tertiary alicyclic amines) is 2. The Balaban J connectivity index is 0.000000243. The lowest BCUT2D eigenvalue weighted by Crippen LogP contribution is -2.44. The lowest BCUT2D eigenvalue weighted by molar-refractivity contribution is 0.101. The molecule has 0 amide bonds. The average molecular weight is 1070 g/mol. The van der Waals surface area contributed by atoms with Crippen molar-refractivity contribution in [3.05, 3.63) is 153 Å². The van der Waals surface area contributed by atoms with Crippen LogP contribution in [0.2, 0.25) is 0 Å². The van der Waals surface area contributed by atoms with E-state index in [2.05, 4.69) is 48.5 Å². The molecule has 0 bridgehead atoms. The summed E-state index contributed by atoms with van der Waals surface area (Å²) >= 11 is 0. The van der Waals surface area contributed by atoms with Crippen LogP contribution in [0.25, 0.3) is 44.6 Å². The molecule has 0 radical (unpaired) electrons. The minimum atomic E-state index is -0.243. The SMILES string of the molecule is C[C@@H]1CCC[C@H](C)N1CCCCCn1c(=O)c(-c2cc(C#N)ccc2OCc2ccccc2)nc2ccccc21.C[C@@H]1CCC[C@H](C)N1CCCCCn1c(=O)c(-c2cc(C(=N)N)ccc2O)nc2ccccc21.Cl.Cl. The number of amidine groups is 1. The summed E-state index contributed by atoms with van der Waals surface area (Å²) < 4.78 is 9.79. The monoisotopic (exact) mass is 1070 g/mol. The highest BCUT2D eigenvalue weighted by Gasteiger charge is 2.26. The molecule has 13 nitrogen and oxygen atoms in total. The van der Waals surface area contributed by atoms with Gasteiger partial charge >= 0.3 is 0 Å². The van der Waals surface area contributed by atoms with Crippen molar-refractivity contribution in [3.8, 4) is 40.1 Å². The van der Waals surface area contributed by atoms with Gasteiger partial charge in [-0.1, -0.05) is 80.3 Å². The predicted molar refractivity (Wildman–Crippen MR) is 312 cm³/mol. The Kier molecular flexibility index (Phi) is 21.6. The first-order valence-electron chi connectivity index (χ1n) is 26.8. The molecule has 4 atom stereocenters. The lowest BCUT2D eigenvalue weighted by atomic mass is 9.97. The van der Waals surface area contributed by atoms with E-state index in [0.29, 0.717) is 83.1 Å². The molecule has 402 valence electrons. The fourth-order valence-corrected chi connectivity index (χ4v) is 11.0. The van der Waals surface area contributed by atoms with Crippen LogP contribution in [0.1, 0.15) is 121 Å². The quantitative estimate of drug-likeness (QED) is 0.0425. The number of benzene rings is 5. The number of halogens is 2. The number of phenolic OH excluding ortho intramolecular Hbond substituents is 1. The van der Waals surface area contributed by atoms with Crippen LogP contribution < -0.4 is 21.6 Å². The Morgan fingerprint density at radius 2 is 1.11 bits per heavy atom. The summed E-state index contributed by atoms with van der Waals surface area (Å²) in [4.78, 5) is 42.1. The van der Waals surface area contributed by atoms with Crippen molar-refractivity contribution < 1.29 is 9.84 Å². The number of aromatic nitrogens is 4. The number of nitriles is 1. The molecule has 0 spiro atoms. The number of phenols is 1. The smallest absolute Gasteiger partial charge is 0.277 e. The third-order valence-corrected chi connectivity index (χ3v) is 15.2. The number of hydrogen-bond acceptors (Lipinski definition) is 10. The number of nitrogen functional groups attached to an aromatic ring is 1. The topological polar surface area (TPSA) is 179 Å². The standard InChI is InChI=1S/C34H38N4O2.C27H35N5O2.2ClH/c1-25-12-11-13-26(2)37(25)20-9-4-10-21-38-31-17-8-7-16-30(31)36-33(34(38)39)29-22-28(23-35)18-19-32(29)40-24-27-14-5-3-6-15-27;1-18-9-8-10-19(2)31(18)15-6-3-7-16-32-23-12-5-4-11-22(23)30-25(27(32)34)21-17-20(26(28)29)13-14-24(21)33;;/h3,5-8,14-19,22,25-26H,4,9-13,20-21,24H2,1-2H3;4-5,11-14,17-19,33H,3,6-10,15-16H2,1-2H3,(H3,28,29);2*1H/t25-,26+;18-,19+;;. The van der Waals surface area contributed by atoms with E-state index in [1.165, 1.54) is 44.6 Å². The molecule has 0 unspecified atom stereocenters. The van der Waals surface area contributed by atoms with Crippen molar-refractivity contribution in [3.63, 3.8) is 0 Å². The highest BCUT2D eigenvalue weighted by Crippen LogP contribution is 2.32. The van der Waals surface area contributed by atoms with Crippen molar-refractivity contribution in [1.29, 1.82) is 10.7 Å². The van der Waals surface area contributed by atoms with Crippen LogP contribution in [0.3, 0.4) is 0 Å². The molecule has 2 saturated heterocycles. The first-order chi connectivity index (χ1) is 35.9. The van der Waals surface area contributed by atoms with E-state index in [1.807, 2.05) is 83.4 Å². The van der Waals surface area contributed by atoms with Gasteiger partial charge in [-0.15, -0.1) is 24.8 Å². The molecule has 0 aliphatic carbocycles. The average Bonchev–Trinajstić information content (AvgIpc) is 3.43. The third-order valence-electron chi connectivity index (χ3n) is 15.2. The van der Waals surface area contributed by atoms with Gasteiger partial charge in [0.1, 0.15) is 35.3 Å². The minimum Gasteiger partial charge on any atom is -0.507 e. The van der Waals surface area contributed by atoms with Crippen molar-refractivity contribution in [1.82, 2.24) is 28.9 Å². The number of rotatable bonds is 18.